The fraction of sp³-hybridized carbons (Fsp3) is 0.292. The van der Waals surface area contributed by atoms with E-state index in [-0.39, 0.29) is 11.9 Å². The molecule has 1 aliphatic rings. The molecule has 0 radical (unpaired) electrons. The molecular formula is C24H26N2O2. The average molecular weight is 374 g/mol. The van der Waals surface area contributed by atoms with E-state index >= 15 is 0 Å². The van der Waals surface area contributed by atoms with Gasteiger partial charge in [-0.25, -0.2) is 0 Å². The second-order valence-electron chi connectivity index (χ2n) is 7.53. The van der Waals surface area contributed by atoms with Gasteiger partial charge in [0, 0.05) is 31.4 Å². The number of rotatable bonds is 3. The van der Waals surface area contributed by atoms with Crippen LogP contribution in [0, 0.1) is 6.92 Å². The number of ether oxygens (including phenoxy) is 1. The first-order chi connectivity index (χ1) is 13.6. The molecule has 1 amide bonds. The van der Waals surface area contributed by atoms with E-state index in [2.05, 4.69) is 43.0 Å². The molecule has 0 saturated carbocycles. The second-order valence-corrected chi connectivity index (χ2v) is 7.53. The van der Waals surface area contributed by atoms with E-state index < -0.39 is 0 Å². The Morgan fingerprint density at radius 1 is 1.00 bits per heavy atom. The molecule has 0 N–H and O–H groups in total. The molecule has 4 nitrogen and oxygen atoms in total. The van der Waals surface area contributed by atoms with Crippen LogP contribution in [0.15, 0.2) is 60.7 Å². The lowest BCUT2D eigenvalue weighted by Gasteiger charge is -2.41. The Morgan fingerprint density at radius 3 is 2.43 bits per heavy atom. The molecule has 1 heterocycles. The molecule has 1 fully saturated rings. The van der Waals surface area contributed by atoms with Crippen molar-refractivity contribution in [3.05, 3.63) is 71.8 Å². The molecule has 0 bridgehead atoms. The van der Waals surface area contributed by atoms with Gasteiger partial charge in [0.25, 0.3) is 5.91 Å². The summed E-state index contributed by atoms with van der Waals surface area (Å²) < 4.78 is 5.54. The molecule has 3 aromatic carbocycles. The second kappa shape index (κ2) is 7.55. The number of hydrogen-bond donors (Lipinski definition) is 0. The number of amides is 1. The van der Waals surface area contributed by atoms with E-state index in [0.29, 0.717) is 24.4 Å². The van der Waals surface area contributed by atoms with Gasteiger partial charge in [0.1, 0.15) is 5.75 Å². The summed E-state index contributed by atoms with van der Waals surface area (Å²) in [6.07, 6.45) is 0. The molecule has 1 aliphatic heterocycles. The summed E-state index contributed by atoms with van der Waals surface area (Å²) in [6.45, 7) is 6.52. The summed E-state index contributed by atoms with van der Waals surface area (Å²) in [5.41, 5.74) is 3.12. The zero-order valence-corrected chi connectivity index (χ0v) is 16.7. The predicted octanol–water partition coefficient (Wildman–Crippen LogP) is 4.51. The Labute approximate surface area is 166 Å². The monoisotopic (exact) mass is 374 g/mol. The molecule has 0 aliphatic carbocycles. The first kappa shape index (κ1) is 18.4. The minimum atomic E-state index is 0.0401. The van der Waals surface area contributed by atoms with Gasteiger partial charge in [0.05, 0.1) is 12.7 Å². The van der Waals surface area contributed by atoms with Crippen molar-refractivity contribution in [2.75, 3.05) is 31.6 Å². The number of piperazine rings is 1. The van der Waals surface area contributed by atoms with Crippen molar-refractivity contribution in [3.8, 4) is 5.75 Å². The van der Waals surface area contributed by atoms with Gasteiger partial charge >= 0.3 is 0 Å². The zero-order valence-electron chi connectivity index (χ0n) is 16.7. The first-order valence-corrected chi connectivity index (χ1v) is 9.76. The van der Waals surface area contributed by atoms with E-state index in [1.807, 2.05) is 41.3 Å². The van der Waals surface area contributed by atoms with Gasteiger partial charge in [0.2, 0.25) is 0 Å². The number of hydrogen-bond acceptors (Lipinski definition) is 3. The molecule has 28 heavy (non-hydrogen) atoms. The van der Waals surface area contributed by atoms with Gasteiger partial charge in [-0.05, 0) is 54.4 Å². The topological polar surface area (TPSA) is 32.8 Å². The fourth-order valence-electron chi connectivity index (χ4n) is 4.06. The Bertz CT molecular complexity index is 1010. The number of fused-ring (bicyclic) bond motifs is 1. The standard InChI is InChI=1S/C24H26N2O2/c1-17-7-6-10-21(13-17)26-12-11-25(16-18(26)2)24(27)22-14-19-8-4-5-9-20(19)15-23(22)28-3/h4-10,13-15,18H,11-12,16H2,1-3H3. The van der Waals surface area contributed by atoms with Crippen LogP contribution in [0.25, 0.3) is 10.8 Å². The van der Waals surface area contributed by atoms with Gasteiger partial charge in [0.15, 0.2) is 0 Å². The molecule has 1 saturated heterocycles. The van der Waals surface area contributed by atoms with Crippen LogP contribution < -0.4 is 9.64 Å². The minimum absolute atomic E-state index is 0.0401. The Morgan fingerprint density at radius 2 is 1.75 bits per heavy atom. The van der Waals surface area contributed by atoms with Crippen LogP contribution >= 0.6 is 0 Å². The van der Waals surface area contributed by atoms with Crippen LogP contribution in [-0.4, -0.2) is 43.6 Å². The largest absolute Gasteiger partial charge is 0.496 e. The number of carbonyl (C=O) groups excluding carboxylic acids is 1. The summed E-state index contributed by atoms with van der Waals surface area (Å²) in [5, 5.41) is 2.13. The number of carbonyl (C=O) groups is 1. The molecule has 4 heteroatoms. The van der Waals surface area contributed by atoms with Crippen LogP contribution in [0.3, 0.4) is 0 Å². The number of methoxy groups -OCH3 is 1. The molecule has 0 aromatic heterocycles. The summed E-state index contributed by atoms with van der Waals surface area (Å²) in [6, 6.07) is 20.8. The fourth-order valence-corrected chi connectivity index (χ4v) is 4.06. The predicted molar refractivity (Wildman–Crippen MR) is 114 cm³/mol. The highest BCUT2D eigenvalue weighted by molar-refractivity contribution is 6.01. The minimum Gasteiger partial charge on any atom is -0.496 e. The van der Waals surface area contributed by atoms with Crippen LogP contribution in [0.1, 0.15) is 22.8 Å². The highest BCUT2D eigenvalue weighted by atomic mass is 16.5. The third kappa shape index (κ3) is 3.42. The van der Waals surface area contributed by atoms with E-state index in [1.54, 1.807) is 7.11 Å². The van der Waals surface area contributed by atoms with E-state index in [9.17, 15) is 4.79 Å². The highest BCUT2D eigenvalue weighted by Crippen LogP contribution is 2.28. The van der Waals surface area contributed by atoms with Crippen molar-refractivity contribution < 1.29 is 9.53 Å². The number of nitrogens with zero attached hydrogens (tertiary/aromatic N) is 2. The Balaban J connectivity index is 1.57. The summed E-state index contributed by atoms with van der Waals surface area (Å²) >= 11 is 0. The van der Waals surface area contributed by atoms with Crippen molar-refractivity contribution >= 4 is 22.4 Å². The van der Waals surface area contributed by atoms with Gasteiger partial charge in [-0.1, -0.05) is 36.4 Å². The summed E-state index contributed by atoms with van der Waals surface area (Å²) in [4.78, 5) is 17.6. The molecule has 0 spiro atoms. The molecule has 144 valence electrons. The van der Waals surface area contributed by atoms with Crippen molar-refractivity contribution in [1.82, 2.24) is 4.90 Å². The first-order valence-electron chi connectivity index (χ1n) is 9.76. The van der Waals surface area contributed by atoms with Crippen molar-refractivity contribution in [3.63, 3.8) is 0 Å². The van der Waals surface area contributed by atoms with Crippen LogP contribution in [-0.2, 0) is 0 Å². The number of aryl methyl sites for hydroxylation is 1. The molecule has 4 rings (SSSR count). The normalized spacial score (nSPS) is 17.0. The van der Waals surface area contributed by atoms with Crippen LogP contribution in [0.2, 0.25) is 0 Å². The Hall–Kier alpha value is -3.01. The van der Waals surface area contributed by atoms with Crippen molar-refractivity contribution in [1.29, 1.82) is 0 Å². The maximum atomic E-state index is 13.3. The molecule has 1 atom stereocenters. The van der Waals surface area contributed by atoms with Gasteiger partial charge in [-0.15, -0.1) is 0 Å². The number of anilines is 1. The third-order valence-corrected chi connectivity index (χ3v) is 5.55. The smallest absolute Gasteiger partial charge is 0.257 e. The lowest BCUT2D eigenvalue weighted by Crippen LogP contribution is -2.53. The Kier molecular flexibility index (Phi) is 4.95. The average Bonchev–Trinajstić information content (AvgIpc) is 2.72. The SMILES string of the molecule is COc1cc2ccccc2cc1C(=O)N1CCN(c2cccc(C)c2)C(C)C1. The van der Waals surface area contributed by atoms with Gasteiger partial charge < -0.3 is 14.5 Å². The molecular weight excluding hydrogens is 348 g/mol. The van der Waals surface area contributed by atoms with E-state index in [0.717, 1.165) is 17.3 Å². The van der Waals surface area contributed by atoms with E-state index in [4.69, 9.17) is 4.74 Å². The van der Waals surface area contributed by atoms with Gasteiger partial charge in [-0.3, -0.25) is 4.79 Å². The maximum absolute atomic E-state index is 13.3. The maximum Gasteiger partial charge on any atom is 0.257 e. The molecule has 1 unspecified atom stereocenters. The quantitative estimate of drug-likeness (QED) is 0.676. The van der Waals surface area contributed by atoms with Crippen LogP contribution in [0.5, 0.6) is 5.75 Å². The highest BCUT2D eigenvalue weighted by Gasteiger charge is 2.29. The van der Waals surface area contributed by atoms with E-state index in [1.165, 1.54) is 11.3 Å². The van der Waals surface area contributed by atoms with Gasteiger partial charge in [-0.2, -0.15) is 0 Å². The zero-order chi connectivity index (χ0) is 19.7. The number of benzene rings is 3. The molecule has 3 aromatic rings. The van der Waals surface area contributed by atoms with Crippen molar-refractivity contribution in [2.24, 2.45) is 0 Å². The van der Waals surface area contributed by atoms with Crippen LogP contribution in [0.4, 0.5) is 5.69 Å². The summed E-state index contributed by atoms with van der Waals surface area (Å²) in [7, 11) is 1.62. The van der Waals surface area contributed by atoms with Crippen molar-refractivity contribution in [2.45, 2.75) is 19.9 Å². The summed E-state index contributed by atoms with van der Waals surface area (Å²) in [5.74, 6) is 0.677. The third-order valence-electron chi connectivity index (χ3n) is 5.55. The lowest BCUT2D eigenvalue weighted by molar-refractivity contribution is 0.0723. The lowest BCUT2D eigenvalue weighted by atomic mass is 10.0.